The van der Waals surface area contributed by atoms with Crippen LogP contribution in [0, 0.1) is 0 Å². The number of benzene rings is 2. The maximum atomic E-state index is 12.6. The summed E-state index contributed by atoms with van der Waals surface area (Å²) in [6.07, 6.45) is 2.51. The Kier molecular flexibility index (Phi) is 6.17. The Morgan fingerprint density at radius 2 is 1.92 bits per heavy atom. The van der Waals surface area contributed by atoms with Gasteiger partial charge in [0.2, 0.25) is 0 Å². The Hall–Kier alpha value is -2.04. The van der Waals surface area contributed by atoms with Crippen LogP contribution < -0.4 is 10.1 Å². The highest BCUT2D eigenvalue weighted by Crippen LogP contribution is 2.27. The number of hydrogen-bond donors (Lipinski definition) is 1. The molecular weight excluding hydrogens is 348 g/mol. The number of amides is 1. The van der Waals surface area contributed by atoms with Crippen molar-refractivity contribution in [2.45, 2.75) is 38.5 Å². The first-order valence-corrected chi connectivity index (χ1v) is 9.39. The zero-order valence-corrected chi connectivity index (χ0v) is 16.0. The topological polar surface area (TPSA) is 41.6 Å². The summed E-state index contributed by atoms with van der Waals surface area (Å²) < 4.78 is 5.87. The summed E-state index contributed by atoms with van der Waals surface area (Å²) in [6.45, 7) is 3.08. The highest BCUT2D eigenvalue weighted by atomic mass is 35.5. The molecule has 2 aromatic rings. The molecule has 1 fully saturated rings. The molecular formula is C21H25ClN2O2. The van der Waals surface area contributed by atoms with E-state index in [0.717, 1.165) is 5.56 Å². The van der Waals surface area contributed by atoms with Gasteiger partial charge in [-0.1, -0.05) is 41.9 Å². The van der Waals surface area contributed by atoms with Gasteiger partial charge in [-0.05, 0) is 45.0 Å². The van der Waals surface area contributed by atoms with E-state index < -0.39 is 0 Å². The van der Waals surface area contributed by atoms with Crippen LogP contribution in [-0.2, 0) is 6.61 Å². The molecule has 4 nitrogen and oxygen atoms in total. The molecule has 138 valence electrons. The predicted octanol–water partition coefficient (Wildman–Crippen LogP) is 4.13. The number of likely N-dealkylation sites (N-methyl/N-ethyl adjacent to an activating group) is 1. The lowest BCUT2D eigenvalue weighted by Gasteiger charge is -2.24. The van der Waals surface area contributed by atoms with Crippen LogP contribution in [0.5, 0.6) is 5.75 Å². The molecule has 0 saturated heterocycles. The SMILES string of the molecule is CC(CNC(=O)c1ccccc1OCc1ccccc1Cl)N(C)C1CC1. The van der Waals surface area contributed by atoms with Crippen molar-refractivity contribution < 1.29 is 9.53 Å². The fourth-order valence-corrected chi connectivity index (χ4v) is 3.06. The van der Waals surface area contributed by atoms with Crippen molar-refractivity contribution in [2.24, 2.45) is 0 Å². The van der Waals surface area contributed by atoms with Crippen LogP contribution in [-0.4, -0.2) is 36.5 Å². The van der Waals surface area contributed by atoms with Crippen molar-refractivity contribution >= 4 is 17.5 Å². The number of ether oxygens (including phenoxy) is 1. The van der Waals surface area contributed by atoms with Crippen LogP contribution in [0.1, 0.15) is 35.7 Å². The zero-order chi connectivity index (χ0) is 18.5. The lowest BCUT2D eigenvalue weighted by Crippen LogP contribution is -2.41. The summed E-state index contributed by atoms with van der Waals surface area (Å²) in [6, 6.07) is 15.8. The molecule has 0 heterocycles. The fourth-order valence-electron chi connectivity index (χ4n) is 2.87. The Morgan fingerprint density at radius 3 is 2.65 bits per heavy atom. The quantitative estimate of drug-likeness (QED) is 0.757. The van der Waals surface area contributed by atoms with Gasteiger partial charge in [0.15, 0.2) is 0 Å². The second-order valence-corrected chi connectivity index (χ2v) is 7.24. The van der Waals surface area contributed by atoms with Gasteiger partial charge >= 0.3 is 0 Å². The lowest BCUT2D eigenvalue weighted by molar-refractivity contribution is 0.0935. The summed E-state index contributed by atoms with van der Waals surface area (Å²) in [5, 5.41) is 3.68. The molecule has 1 unspecified atom stereocenters. The number of rotatable bonds is 8. The lowest BCUT2D eigenvalue weighted by atomic mass is 10.1. The molecule has 1 atom stereocenters. The Balaban J connectivity index is 1.60. The van der Waals surface area contributed by atoms with Gasteiger partial charge in [0.05, 0.1) is 5.56 Å². The van der Waals surface area contributed by atoms with E-state index in [4.69, 9.17) is 16.3 Å². The molecule has 1 amide bonds. The summed E-state index contributed by atoms with van der Waals surface area (Å²) in [4.78, 5) is 15.0. The zero-order valence-electron chi connectivity index (χ0n) is 15.2. The van der Waals surface area contributed by atoms with Gasteiger partial charge in [0.25, 0.3) is 5.91 Å². The molecule has 5 heteroatoms. The van der Waals surface area contributed by atoms with Gasteiger partial charge in [-0.25, -0.2) is 0 Å². The molecule has 0 radical (unpaired) electrons. The van der Waals surface area contributed by atoms with Gasteiger partial charge in [-0.15, -0.1) is 0 Å². The van der Waals surface area contributed by atoms with Crippen LogP contribution in [0.4, 0.5) is 0 Å². The molecule has 26 heavy (non-hydrogen) atoms. The molecule has 3 rings (SSSR count). The fraction of sp³-hybridized carbons (Fsp3) is 0.381. The van der Waals surface area contributed by atoms with Crippen molar-refractivity contribution in [2.75, 3.05) is 13.6 Å². The Morgan fingerprint density at radius 1 is 1.23 bits per heavy atom. The third-order valence-electron chi connectivity index (χ3n) is 4.85. The predicted molar refractivity (Wildman–Crippen MR) is 105 cm³/mol. The van der Waals surface area contributed by atoms with Gasteiger partial charge in [-0.3, -0.25) is 9.69 Å². The standard InChI is InChI=1S/C21H25ClN2O2/c1-15(24(2)17-11-12-17)13-23-21(25)18-8-4-6-10-20(18)26-14-16-7-3-5-9-19(16)22/h3-10,15,17H,11-14H2,1-2H3,(H,23,25). The minimum Gasteiger partial charge on any atom is -0.488 e. The maximum absolute atomic E-state index is 12.6. The van der Waals surface area contributed by atoms with E-state index >= 15 is 0 Å². The van der Waals surface area contributed by atoms with Crippen LogP contribution in [0.3, 0.4) is 0 Å². The summed E-state index contributed by atoms with van der Waals surface area (Å²) in [5.41, 5.74) is 1.44. The smallest absolute Gasteiger partial charge is 0.255 e. The molecule has 1 saturated carbocycles. The molecule has 0 aliphatic heterocycles. The van der Waals surface area contributed by atoms with Crippen molar-refractivity contribution in [3.05, 3.63) is 64.7 Å². The number of para-hydroxylation sites is 1. The van der Waals surface area contributed by atoms with Crippen LogP contribution >= 0.6 is 11.6 Å². The van der Waals surface area contributed by atoms with Crippen LogP contribution in [0.25, 0.3) is 0 Å². The van der Waals surface area contributed by atoms with Crippen molar-refractivity contribution in [3.63, 3.8) is 0 Å². The second-order valence-electron chi connectivity index (χ2n) is 6.83. The van der Waals surface area contributed by atoms with Crippen molar-refractivity contribution in [1.29, 1.82) is 0 Å². The van der Waals surface area contributed by atoms with E-state index in [1.165, 1.54) is 12.8 Å². The molecule has 1 aliphatic rings. The number of carbonyl (C=O) groups excluding carboxylic acids is 1. The number of nitrogens with zero attached hydrogens (tertiary/aromatic N) is 1. The monoisotopic (exact) mass is 372 g/mol. The number of halogens is 1. The van der Waals surface area contributed by atoms with E-state index in [-0.39, 0.29) is 5.91 Å². The third kappa shape index (κ3) is 4.77. The Labute approximate surface area is 160 Å². The van der Waals surface area contributed by atoms with E-state index in [1.807, 2.05) is 42.5 Å². The average molecular weight is 373 g/mol. The van der Waals surface area contributed by atoms with Crippen LogP contribution in [0.2, 0.25) is 5.02 Å². The van der Waals surface area contributed by atoms with Crippen LogP contribution in [0.15, 0.2) is 48.5 Å². The molecule has 1 aliphatic carbocycles. The number of carbonyl (C=O) groups is 1. The van der Waals surface area contributed by atoms with Gasteiger partial charge in [0.1, 0.15) is 12.4 Å². The summed E-state index contributed by atoms with van der Waals surface area (Å²) in [5.74, 6) is 0.448. The van der Waals surface area contributed by atoms with E-state index in [2.05, 4.69) is 24.2 Å². The highest BCUT2D eigenvalue weighted by Gasteiger charge is 2.29. The average Bonchev–Trinajstić information content (AvgIpc) is 3.50. The Bertz CT molecular complexity index is 761. The normalized spacial score (nSPS) is 14.9. The second kappa shape index (κ2) is 8.56. The largest absolute Gasteiger partial charge is 0.488 e. The van der Waals surface area contributed by atoms with E-state index in [0.29, 0.717) is 41.6 Å². The molecule has 0 aromatic heterocycles. The first kappa shape index (κ1) is 18.7. The molecule has 1 N–H and O–H groups in total. The van der Waals surface area contributed by atoms with Crippen molar-refractivity contribution in [1.82, 2.24) is 10.2 Å². The van der Waals surface area contributed by atoms with E-state index in [9.17, 15) is 4.79 Å². The van der Waals surface area contributed by atoms with Gasteiger partial charge in [-0.2, -0.15) is 0 Å². The highest BCUT2D eigenvalue weighted by molar-refractivity contribution is 6.31. The minimum absolute atomic E-state index is 0.115. The molecule has 2 aromatic carbocycles. The first-order chi connectivity index (χ1) is 12.6. The van der Waals surface area contributed by atoms with Gasteiger partial charge in [0, 0.05) is 29.2 Å². The number of nitrogens with one attached hydrogen (secondary N) is 1. The summed E-state index contributed by atoms with van der Waals surface area (Å²) >= 11 is 6.17. The minimum atomic E-state index is -0.115. The van der Waals surface area contributed by atoms with E-state index in [1.54, 1.807) is 6.07 Å². The summed E-state index contributed by atoms with van der Waals surface area (Å²) in [7, 11) is 2.12. The first-order valence-electron chi connectivity index (χ1n) is 9.01. The number of hydrogen-bond acceptors (Lipinski definition) is 3. The van der Waals surface area contributed by atoms with Crippen molar-refractivity contribution in [3.8, 4) is 5.75 Å². The maximum Gasteiger partial charge on any atom is 0.255 e. The van der Waals surface area contributed by atoms with Gasteiger partial charge < -0.3 is 10.1 Å². The molecule has 0 bridgehead atoms. The molecule has 0 spiro atoms. The third-order valence-corrected chi connectivity index (χ3v) is 5.22.